The molecule has 0 amide bonds. The van der Waals surface area contributed by atoms with Gasteiger partial charge < -0.3 is 10.2 Å². The molecule has 1 N–H and O–H groups in total. The molecule has 0 aromatic heterocycles. The molecular weight excluding hydrogens is 322 g/mol. The number of hydrogen-bond donors (Lipinski definition) is 1. The molecule has 1 fully saturated rings. The number of benzene rings is 1. The van der Waals surface area contributed by atoms with Crippen molar-refractivity contribution in [3.8, 4) is 0 Å². The van der Waals surface area contributed by atoms with Crippen molar-refractivity contribution in [3.05, 3.63) is 30.3 Å². The number of likely N-dealkylation sites (tertiary alicyclic amines) is 1. The number of hydrogen-bond acceptors (Lipinski definition) is 3. The highest BCUT2D eigenvalue weighted by Gasteiger charge is 2.24. The van der Waals surface area contributed by atoms with Crippen molar-refractivity contribution < 1.29 is 0 Å². The van der Waals surface area contributed by atoms with Crippen molar-refractivity contribution in [1.82, 2.24) is 10.2 Å². The van der Waals surface area contributed by atoms with Gasteiger partial charge in [-0.25, -0.2) is 0 Å². The van der Waals surface area contributed by atoms with Crippen molar-refractivity contribution >= 4 is 29.5 Å². The molecule has 1 aliphatic heterocycles. The van der Waals surface area contributed by atoms with Crippen LogP contribution < -0.4 is 5.32 Å². The van der Waals surface area contributed by atoms with Crippen molar-refractivity contribution in [2.45, 2.75) is 24.7 Å². The maximum atomic E-state index is 4.80. The van der Waals surface area contributed by atoms with Crippen LogP contribution in [0.1, 0.15) is 19.8 Å². The molecule has 128 valence electrons. The molecule has 0 aliphatic carbocycles. The van der Waals surface area contributed by atoms with Gasteiger partial charge in [0.2, 0.25) is 0 Å². The van der Waals surface area contributed by atoms with Gasteiger partial charge in [-0.2, -0.15) is 11.8 Å². The minimum absolute atomic E-state index is 0.759. The van der Waals surface area contributed by atoms with Crippen LogP contribution in [0.4, 0.5) is 0 Å². The summed E-state index contributed by atoms with van der Waals surface area (Å²) < 4.78 is 0. The van der Waals surface area contributed by atoms with E-state index in [0.29, 0.717) is 0 Å². The third-order valence-electron chi connectivity index (χ3n) is 3.92. The third kappa shape index (κ3) is 6.68. The predicted molar refractivity (Wildman–Crippen MR) is 106 cm³/mol. The quantitative estimate of drug-likeness (QED) is 0.333. The molecule has 1 saturated heterocycles. The molecule has 5 heteroatoms. The molecule has 2 rings (SSSR count). The Hall–Kier alpha value is -0.810. The summed E-state index contributed by atoms with van der Waals surface area (Å²) in [5, 5.41) is 3.46. The van der Waals surface area contributed by atoms with Crippen LogP contribution in [0, 0.1) is 5.92 Å². The molecule has 0 spiro atoms. The number of aliphatic imine (C=N–C) groups is 1. The summed E-state index contributed by atoms with van der Waals surface area (Å²) in [4.78, 5) is 8.62. The molecule has 1 unspecified atom stereocenters. The second kappa shape index (κ2) is 10.9. The Kier molecular flexibility index (Phi) is 8.76. The summed E-state index contributed by atoms with van der Waals surface area (Å²) in [7, 11) is 0. The number of nitrogens with zero attached hydrogens (tertiary/aromatic N) is 2. The molecule has 1 aliphatic rings. The van der Waals surface area contributed by atoms with E-state index in [1.807, 2.05) is 23.5 Å². The highest BCUT2D eigenvalue weighted by atomic mass is 32.2. The standard InChI is InChI=1S/C18H29N3S2/c1-3-19-18(20-11-7-13-22-2)21-12-10-16(14-21)15-23-17-8-5-4-6-9-17/h4-6,8-9,16H,3,7,10-15H2,1-2H3,(H,19,20). The topological polar surface area (TPSA) is 27.6 Å². The molecule has 0 radical (unpaired) electrons. The Morgan fingerprint density at radius 1 is 1.35 bits per heavy atom. The first-order chi connectivity index (χ1) is 11.3. The molecular formula is C18H29N3S2. The van der Waals surface area contributed by atoms with Gasteiger partial charge in [0.15, 0.2) is 5.96 Å². The maximum Gasteiger partial charge on any atom is 0.193 e. The predicted octanol–water partition coefficient (Wildman–Crippen LogP) is 3.82. The van der Waals surface area contributed by atoms with Crippen molar-refractivity contribution in [1.29, 1.82) is 0 Å². The van der Waals surface area contributed by atoms with Crippen LogP contribution in [0.2, 0.25) is 0 Å². The smallest absolute Gasteiger partial charge is 0.193 e. The first-order valence-electron chi connectivity index (χ1n) is 8.53. The molecule has 0 bridgehead atoms. The van der Waals surface area contributed by atoms with E-state index in [2.05, 4.69) is 53.7 Å². The first kappa shape index (κ1) is 18.5. The summed E-state index contributed by atoms with van der Waals surface area (Å²) >= 11 is 3.88. The minimum atomic E-state index is 0.759. The van der Waals surface area contributed by atoms with Crippen molar-refractivity contribution in [3.63, 3.8) is 0 Å². The number of rotatable bonds is 8. The van der Waals surface area contributed by atoms with E-state index in [0.717, 1.165) is 44.5 Å². The van der Waals surface area contributed by atoms with E-state index < -0.39 is 0 Å². The number of guanidine groups is 1. The van der Waals surface area contributed by atoms with Crippen LogP contribution in [0.15, 0.2) is 40.2 Å². The van der Waals surface area contributed by atoms with Gasteiger partial charge >= 0.3 is 0 Å². The normalized spacial score (nSPS) is 18.4. The molecule has 1 heterocycles. The van der Waals surface area contributed by atoms with Crippen molar-refractivity contribution in [2.24, 2.45) is 10.9 Å². The maximum absolute atomic E-state index is 4.80. The van der Waals surface area contributed by atoms with Crippen LogP contribution in [-0.4, -0.2) is 54.8 Å². The van der Waals surface area contributed by atoms with E-state index in [4.69, 9.17) is 4.99 Å². The largest absolute Gasteiger partial charge is 0.357 e. The Labute approximate surface area is 149 Å². The summed E-state index contributed by atoms with van der Waals surface area (Å²) in [5.74, 6) is 4.27. The number of thioether (sulfide) groups is 2. The summed E-state index contributed by atoms with van der Waals surface area (Å²) in [5.41, 5.74) is 0. The Bertz CT molecular complexity index is 465. The van der Waals surface area contributed by atoms with Gasteiger partial charge in [0, 0.05) is 36.8 Å². The van der Waals surface area contributed by atoms with E-state index >= 15 is 0 Å². The molecule has 0 saturated carbocycles. The van der Waals surface area contributed by atoms with Gasteiger partial charge in [0.1, 0.15) is 0 Å². The molecule has 23 heavy (non-hydrogen) atoms. The fraction of sp³-hybridized carbons (Fsp3) is 0.611. The SMILES string of the molecule is CCNC(=NCCCSC)N1CCC(CSc2ccccc2)C1. The number of nitrogens with one attached hydrogen (secondary N) is 1. The lowest BCUT2D eigenvalue weighted by Gasteiger charge is -2.21. The molecule has 1 atom stereocenters. The van der Waals surface area contributed by atoms with Crippen LogP contribution in [0.3, 0.4) is 0 Å². The summed E-state index contributed by atoms with van der Waals surface area (Å²) in [6.07, 6.45) is 4.59. The van der Waals surface area contributed by atoms with E-state index in [1.165, 1.54) is 22.8 Å². The van der Waals surface area contributed by atoms with Crippen LogP contribution in [-0.2, 0) is 0 Å². The van der Waals surface area contributed by atoms with E-state index in [1.54, 1.807) is 0 Å². The second-order valence-electron chi connectivity index (χ2n) is 5.81. The monoisotopic (exact) mass is 351 g/mol. The lowest BCUT2D eigenvalue weighted by atomic mass is 10.2. The molecule has 1 aromatic rings. The average molecular weight is 352 g/mol. The minimum Gasteiger partial charge on any atom is -0.357 e. The van der Waals surface area contributed by atoms with Gasteiger partial charge in [-0.05, 0) is 49.8 Å². The van der Waals surface area contributed by atoms with E-state index in [-0.39, 0.29) is 0 Å². The Morgan fingerprint density at radius 2 is 2.17 bits per heavy atom. The van der Waals surface area contributed by atoms with Gasteiger partial charge in [0.25, 0.3) is 0 Å². The fourth-order valence-electron chi connectivity index (χ4n) is 2.71. The molecule has 1 aromatic carbocycles. The van der Waals surface area contributed by atoms with Crippen molar-refractivity contribution in [2.75, 3.05) is 43.9 Å². The zero-order chi connectivity index (χ0) is 16.3. The van der Waals surface area contributed by atoms with Gasteiger partial charge in [-0.15, -0.1) is 11.8 Å². The molecule has 3 nitrogen and oxygen atoms in total. The van der Waals surface area contributed by atoms with Crippen LogP contribution in [0.5, 0.6) is 0 Å². The highest BCUT2D eigenvalue weighted by molar-refractivity contribution is 7.99. The van der Waals surface area contributed by atoms with E-state index in [9.17, 15) is 0 Å². The average Bonchev–Trinajstić information content (AvgIpc) is 3.06. The van der Waals surface area contributed by atoms with Gasteiger partial charge in [0.05, 0.1) is 0 Å². The van der Waals surface area contributed by atoms with Gasteiger partial charge in [-0.1, -0.05) is 18.2 Å². The lowest BCUT2D eigenvalue weighted by molar-refractivity contribution is 0.474. The fourth-order valence-corrected chi connectivity index (χ4v) is 4.18. The van der Waals surface area contributed by atoms with Crippen LogP contribution in [0.25, 0.3) is 0 Å². The summed E-state index contributed by atoms with van der Waals surface area (Å²) in [6, 6.07) is 10.7. The van der Waals surface area contributed by atoms with Crippen LogP contribution >= 0.6 is 23.5 Å². The van der Waals surface area contributed by atoms with Gasteiger partial charge in [-0.3, -0.25) is 4.99 Å². The second-order valence-corrected chi connectivity index (χ2v) is 7.89. The zero-order valence-corrected chi connectivity index (χ0v) is 16.0. The first-order valence-corrected chi connectivity index (χ1v) is 10.9. The Morgan fingerprint density at radius 3 is 2.91 bits per heavy atom. The summed E-state index contributed by atoms with van der Waals surface area (Å²) in [6.45, 7) is 6.29. The zero-order valence-electron chi connectivity index (χ0n) is 14.3. The highest BCUT2D eigenvalue weighted by Crippen LogP contribution is 2.25. The third-order valence-corrected chi connectivity index (χ3v) is 5.86. The Balaban J connectivity index is 1.79. The lowest BCUT2D eigenvalue weighted by Crippen LogP contribution is -2.40.